The normalized spacial score (nSPS) is 11.2. The Morgan fingerprint density at radius 3 is 2.68 bits per heavy atom. The Balaban J connectivity index is 2.23. The molecule has 0 radical (unpaired) electrons. The third-order valence-corrected chi connectivity index (χ3v) is 4.32. The van der Waals surface area contributed by atoms with Crippen molar-refractivity contribution in [3.05, 3.63) is 39.7 Å². The summed E-state index contributed by atoms with van der Waals surface area (Å²) in [5.41, 5.74) is 1.61. The Labute approximate surface area is 118 Å². The van der Waals surface area contributed by atoms with Crippen LogP contribution in [0, 0.1) is 19.7 Å². The van der Waals surface area contributed by atoms with E-state index in [0.717, 1.165) is 26.9 Å². The summed E-state index contributed by atoms with van der Waals surface area (Å²) in [5, 5.41) is 1.29. The van der Waals surface area contributed by atoms with E-state index in [1.807, 2.05) is 13.8 Å². The molecule has 0 aliphatic heterocycles. The van der Waals surface area contributed by atoms with Crippen molar-refractivity contribution < 1.29 is 4.39 Å². The van der Waals surface area contributed by atoms with Crippen LogP contribution < -0.4 is 0 Å². The summed E-state index contributed by atoms with van der Waals surface area (Å²) < 4.78 is 12.9. The summed E-state index contributed by atoms with van der Waals surface area (Å²) in [5.74, 6) is 0.0255. The quantitative estimate of drug-likeness (QED) is 0.632. The van der Waals surface area contributed by atoms with Gasteiger partial charge in [-0.2, -0.15) is 0 Å². The molecule has 0 atom stereocenters. The van der Waals surface area contributed by atoms with Gasteiger partial charge in [0.05, 0.1) is 11.6 Å². The highest BCUT2D eigenvalue weighted by Gasteiger charge is 2.14. The fraction of sp³-hybridized carbons (Fsp3) is 0.154. The molecule has 0 saturated heterocycles. The molecular weight excluding hydrogens is 285 g/mol. The summed E-state index contributed by atoms with van der Waals surface area (Å²) in [6.45, 7) is 4.02. The van der Waals surface area contributed by atoms with Crippen LogP contribution in [0.2, 0.25) is 5.15 Å². The van der Waals surface area contributed by atoms with Crippen LogP contribution in [-0.4, -0.2) is 15.0 Å². The standard InChI is InChI=1S/C13H9ClFN3S/c1-6-7(2)19-13-10(6)11(14)17-12(18-13)9-4-3-8(15)5-16-9/h3-5H,1-2H3. The molecule has 6 heteroatoms. The molecule has 3 aromatic rings. The van der Waals surface area contributed by atoms with Gasteiger partial charge in [-0.25, -0.2) is 19.3 Å². The average molecular weight is 294 g/mol. The van der Waals surface area contributed by atoms with E-state index in [2.05, 4.69) is 15.0 Å². The maximum Gasteiger partial charge on any atom is 0.180 e. The highest BCUT2D eigenvalue weighted by Crippen LogP contribution is 2.34. The van der Waals surface area contributed by atoms with Crippen molar-refractivity contribution >= 4 is 33.2 Å². The first-order valence-electron chi connectivity index (χ1n) is 5.61. The molecule has 3 rings (SSSR count). The van der Waals surface area contributed by atoms with Crippen molar-refractivity contribution in [2.75, 3.05) is 0 Å². The first-order valence-corrected chi connectivity index (χ1v) is 6.81. The SMILES string of the molecule is Cc1sc2nc(-c3ccc(F)cn3)nc(Cl)c2c1C. The average Bonchev–Trinajstić information content (AvgIpc) is 2.66. The largest absolute Gasteiger partial charge is 0.250 e. The smallest absolute Gasteiger partial charge is 0.180 e. The minimum Gasteiger partial charge on any atom is -0.250 e. The van der Waals surface area contributed by atoms with E-state index in [-0.39, 0.29) is 0 Å². The fourth-order valence-electron chi connectivity index (χ4n) is 1.82. The van der Waals surface area contributed by atoms with Crippen molar-refractivity contribution in [3.8, 4) is 11.5 Å². The van der Waals surface area contributed by atoms with Crippen LogP contribution in [0.25, 0.3) is 21.7 Å². The minimum absolute atomic E-state index is 0.390. The van der Waals surface area contributed by atoms with Crippen LogP contribution in [0.4, 0.5) is 4.39 Å². The predicted molar refractivity (Wildman–Crippen MR) is 75.1 cm³/mol. The molecule has 3 heterocycles. The zero-order valence-corrected chi connectivity index (χ0v) is 11.8. The summed E-state index contributed by atoms with van der Waals surface area (Å²) in [7, 11) is 0. The van der Waals surface area contributed by atoms with Gasteiger partial charge >= 0.3 is 0 Å². The number of rotatable bonds is 1. The first kappa shape index (κ1) is 12.4. The van der Waals surface area contributed by atoms with Gasteiger partial charge in [0.2, 0.25) is 0 Å². The first-order chi connectivity index (χ1) is 9.06. The Kier molecular flexibility index (Phi) is 2.95. The number of hydrogen-bond donors (Lipinski definition) is 0. The summed E-state index contributed by atoms with van der Waals surface area (Å²) in [6, 6.07) is 2.87. The number of fused-ring (bicyclic) bond motifs is 1. The van der Waals surface area contributed by atoms with Crippen LogP contribution in [0.15, 0.2) is 18.3 Å². The topological polar surface area (TPSA) is 38.7 Å². The van der Waals surface area contributed by atoms with Gasteiger partial charge in [-0.1, -0.05) is 11.6 Å². The molecule has 0 unspecified atom stereocenters. The van der Waals surface area contributed by atoms with Gasteiger partial charge < -0.3 is 0 Å². The number of aryl methyl sites for hydroxylation is 2. The zero-order chi connectivity index (χ0) is 13.6. The molecule has 19 heavy (non-hydrogen) atoms. The Morgan fingerprint density at radius 2 is 2.00 bits per heavy atom. The lowest BCUT2D eigenvalue weighted by molar-refractivity contribution is 0.621. The number of hydrogen-bond acceptors (Lipinski definition) is 4. The van der Waals surface area contributed by atoms with Crippen molar-refractivity contribution in [3.63, 3.8) is 0 Å². The Bertz CT molecular complexity index is 768. The Hall–Kier alpha value is -1.59. The molecule has 0 bridgehead atoms. The molecule has 0 fully saturated rings. The second-order valence-corrected chi connectivity index (χ2v) is 5.72. The van der Waals surface area contributed by atoms with E-state index in [4.69, 9.17) is 11.6 Å². The third kappa shape index (κ3) is 2.09. The van der Waals surface area contributed by atoms with Crippen molar-refractivity contribution in [1.29, 1.82) is 0 Å². The molecule has 0 aliphatic rings. The van der Waals surface area contributed by atoms with E-state index in [0.29, 0.717) is 16.7 Å². The monoisotopic (exact) mass is 293 g/mol. The van der Waals surface area contributed by atoms with Gasteiger partial charge in [0.1, 0.15) is 21.5 Å². The molecule has 0 saturated carbocycles. The zero-order valence-electron chi connectivity index (χ0n) is 10.2. The number of nitrogens with zero attached hydrogens (tertiary/aromatic N) is 3. The molecule has 0 aliphatic carbocycles. The minimum atomic E-state index is -0.390. The number of halogens is 2. The molecule has 96 valence electrons. The van der Waals surface area contributed by atoms with E-state index in [1.54, 1.807) is 17.4 Å². The van der Waals surface area contributed by atoms with Crippen LogP contribution in [0.5, 0.6) is 0 Å². The van der Waals surface area contributed by atoms with Crippen molar-refractivity contribution in [2.45, 2.75) is 13.8 Å². The van der Waals surface area contributed by atoms with Gasteiger partial charge in [-0.3, -0.25) is 0 Å². The highest BCUT2D eigenvalue weighted by molar-refractivity contribution is 7.18. The van der Waals surface area contributed by atoms with Gasteiger partial charge in [-0.05, 0) is 31.5 Å². The van der Waals surface area contributed by atoms with Gasteiger partial charge in [0.25, 0.3) is 0 Å². The molecule has 3 aromatic heterocycles. The van der Waals surface area contributed by atoms with Crippen LogP contribution in [0.3, 0.4) is 0 Å². The van der Waals surface area contributed by atoms with E-state index >= 15 is 0 Å². The third-order valence-electron chi connectivity index (χ3n) is 2.94. The van der Waals surface area contributed by atoms with Gasteiger partial charge in [0.15, 0.2) is 5.82 Å². The molecule has 0 amide bonds. The molecule has 3 nitrogen and oxygen atoms in total. The van der Waals surface area contributed by atoms with Crippen LogP contribution in [0.1, 0.15) is 10.4 Å². The van der Waals surface area contributed by atoms with E-state index in [9.17, 15) is 4.39 Å². The van der Waals surface area contributed by atoms with Crippen molar-refractivity contribution in [1.82, 2.24) is 15.0 Å². The maximum atomic E-state index is 12.9. The highest BCUT2D eigenvalue weighted by atomic mass is 35.5. The number of pyridine rings is 1. The molecule has 0 N–H and O–H groups in total. The Morgan fingerprint density at radius 1 is 1.21 bits per heavy atom. The maximum absolute atomic E-state index is 12.9. The van der Waals surface area contributed by atoms with Gasteiger partial charge in [0, 0.05) is 4.88 Å². The molecule has 0 spiro atoms. The summed E-state index contributed by atoms with van der Waals surface area (Å²) >= 11 is 7.78. The van der Waals surface area contributed by atoms with Crippen molar-refractivity contribution in [2.24, 2.45) is 0 Å². The van der Waals surface area contributed by atoms with Gasteiger partial charge in [-0.15, -0.1) is 11.3 Å². The van der Waals surface area contributed by atoms with E-state index < -0.39 is 5.82 Å². The lowest BCUT2D eigenvalue weighted by Crippen LogP contribution is -1.93. The van der Waals surface area contributed by atoms with E-state index in [1.165, 1.54) is 6.07 Å². The second kappa shape index (κ2) is 4.51. The second-order valence-electron chi connectivity index (χ2n) is 4.16. The lowest BCUT2D eigenvalue weighted by atomic mass is 10.2. The summed E-state index contributed by atoms with van der Waals surface area (Å²) in [4.78, 5) is 14.7. The summed E-state index contributed by atoms with van der Waals surface area (Å²) in [6.07, 6.45) is 1.14. The number of aromatic nitrogens is 3. The molecule has 0 aromatic carbocycles. The van der Waals surface area contributed by atoms with Crippen LogP contribution >= 0.6 is 22.9 Å². The molecular formula is C13H9ClFN3S. The van der Waals surface area contributed by atoms with Crippen LogP contribution in [-0.2, 0) is 0 Å². The lowest BCUT2D eigenvalue weighted by Gasteiger charge is -2.01. The predicted octanol–water partition coefficient (Wildman–Crippen LogP) is 4.16. The fourth-order valence-corrected chi connectivity index (χ4v) is 3.22. The number of thiophene rings is 1.